The lowest BCUT2D eigenvalue weighted by molar-refractivity contribution is -0.122. The van der Waals surface area contributed by atoms with E-state index in [1.165, 1.54) is 23.8 Å². The standard InChI is InChI=1S/C19H19ClFNO2S/c1-11(17(23)16-14(20)7-4-8-15(16)21)22-19(24)18-13-6-3-2-5-12(13)9-10-25-18/h2-8,11,17-18,23H,9-10H2,1H3,(H,22,24)/t11-,17-,18+/m0/s1. The van der Waals surface area contributed by atoms with Crippen LogP contribution in [0.15, 0.2) is 42.5 Å². The highest BCUT2D eigenvalue weighted by Gasteiger charge is 2.30. The maximum atomic E-state index is 14.0. The van der Waals surface area contributed by atoms with Gasteiger partial charge in [-0.15, -0.1) is 11.8 Å². The van der Waals surface area contributed by atoms with Gasteiger partial charge in [0.1, 0.15) is 17.2 Å². The van der Waals surface area contributed by atoms with Gasteiger partial charge in [0.25, 0.3) is 0 Å². The molecule has 3 rings (SSSR count). The van der Waals surface area contributed by atoms with E-state index < -0.39 is 18.0 Å². The first kappa shape index (κ1) is 18.2. The Morgan fingerprint density at radius 2 is 2.08 bits per heavy atom. The largest absolute Gasteiger partial charge is 0.386 e. The van der Waals surface area contributed by atoms with Gasteiger partial charge < -0.3 is 10.4 Å². The van der Waals surface area contributed by atoms with Crippen LogP contribution in [0.5, 0.6) is 0 Å². The number of carbonyl (C=O) groups is 1. The summed E-state index contributed by atoms with van der Waals surface area (Å²) in [6.07, 6.45) is -0.283. The lowest BCUT2D eigenvalue weighted by atomic mass is 9.99. The van der Waals surface area contributed by atoms with Crippen LogP contribution < -0.4 is 5.32 Å². The summed E-state index contributed by atoms with van der Waals surface area (Å²) in [7, 11) is 0. The highest BCUT2D eigenvalue weighted by atomic mass is 35.5. The van der Waals surface area contributed by atoms with E-state index in [0.717, 1.165) is 17.7 Å². The molecule has 0 aromatic heterocycles. The SMILES string of the molecule is C[C@H](NC(=O)[C@@H]1SCCc2ccccc21)[C@H](O)c1c(F)cccc1Cl. The molecule has 1 aliphatic heterocycles. The molecule has 2 aromatic rings. The van der Waals surface area contributed by atoms with Gasteiger partial charge in [0, 0.05) is 10.6 Å². The molecule has 1 heterocycles. The third-order valence-corrected chi connectivity index (χ3v) is 5.94. The maximum absolute atomic E-state index is 14.0. The summed E-state index contributed by atoms with van der Waals surface area (Å²) in [5.41, 5.74) is 2.18. The first-order valence-corrected chi connectivity index (χ1v) is 9.53. The van der Waals surface area contributed by atoms with Crippen molar-refractivity contribution in [2.75, 3.05) is 5.75 Å². The number of aliphatic hydroxyl groups excluding tert-OH is 1. The van der Waals surface area contributed by atoms with E-state index in [0.29, 0.717) is 0 Å². The van der Waals surface area contributed by atoms with E-state index in [2.05, 4.69) is 5.32 Å². The second-order valence-electron chi connectivity index (χ2n) is 6.08. The minimum atomic E-state index is -1.22. The first-order chi connectivity index (χ1) is 12.0. The molecule has 132 valence electrons. The van der Waals surface area contributed by atoms with E-state index in [-0.39, 0.29) is 21.7 Å². The molecule has 0 saturated carbocycles. The summed E-state index contributed by atoms with van der Waals surface area (Å²) in [4.78, 5) is 12.7. The molecule has 2 N–H and O–H groups in total. The van der Waals surface area contributed by atoms with Gasteiger partial charge in [-0.1, -0.05) is 41.9 Å². The molecule has 0 radical (unpaired) electrons. The molecule has 0 saturated heterocycles. The van der Waals surface area contributed by atoms with Crippen molar-refractivity contribution >= 4 is 29.3 Å². The average molecular weight is 380 g/mol. The molecule has 2 aromatic carbocycles. The van der Waals surface area contributed by atoms with E-state index >= 15 is 0 Å². The summed E-state index contributed by atoms with van der Waals surface area (Å²) < 4.78 is 14.0. The lowest BCUT2D eigenvalue weighted by Crippen LogP contribution is -2.40. The van der Waals surface area contributed by atoms with Crippen LogP contribution in [0.1, 0.15) is 35.0 Å². The molecule has 0 unspecified atom stereocenters. The summed E-state index contributed by atoms with van der Waals surface area (Å²) in [5.74, 6) is 0.0974. The molecule has 3 nitrogen and oxygen atoms in total. The van der Waals surface area contributed by atoms with Gasteiger partial charge in [-0.2, -0.15) is 0 Å². The van der Waals surface area contributed by atoms with Gasteiger partial charge in [0.15, 0.2) is 0 Å². The zero-order chi connectivity index (χ0) is 18.0. The van der Waals surface area contributed by atoms with Crippen LogP contribution >= 0.6 is 23.4 Å². The zero-order valence-corrected chi connectivity index (χ0v) is 15.3. The molecular weight excluding hydrogens is 361 g/mol. The van der Waals surface area contributed by atoms with Gasteiger partial charge >= 0.3 is 0 Å². The number of benzene rings is 2. The number of nitrogens with one attached hydrogen (secondary N) is 1. The monoisotopic (exact) mass is 379 g/mol. The van der Waals surface area contributed by atoms with Gasteiger partial charge in [0.05, 0.1) is 6.04 Å². The van der Waals surface area contributed by atoms with Crippen molar-refractivity contribution in [3.05, 3.63) is 70.0 Å². The summed E-state index contributed by atoms with van der Waals surface area (Å²) in [6.45, 7) is 1.64. The molecule has 0 spiro atoms. The Morgan fingerprint density at radius 3 is 2.84 bits per heavy atom. The average Bonchev–Trinajstić information content (AvgIpc) is 2.60. The normalized spacial score (nSPS) is 19.0. The second-order valence-corrected chi connectivity index (χ2v) is 7.70. The van der Waals surface area contributed by atoms with Crippen molar-refractivity contribution in [2.24, 2.45) is 0 Å². The Hall–Kier alpha value is -1.56. The highest BCUT2D eigenvalue weighted by molar-refractivity contribution is 8.00. The van der Waals surface area contributed by atoms with Crippen LogP contribution in [0, 0.1) is 5.82 Å². The number of amides is 1. The number of fused-ring (bicyclic) bond motifs is 1. The van der Waals surface area contributed by atoms with Crippen LogP contribution in [0.3, 0.4) is 0 Å². The molecule has 1 aliphatic rings. The number of thioether (sulfide) groups is 1. The fourth-order valence-electron chi connectivity index (χ4n) is 3.03. The van der Waals surface area contributed by atoms with Gasteiger partial charge in [0.2, 0.25) is 5.91 Å². The zero-order valence-electron chi connectivity index (χ0n) is 13.7. The third-order valence-electron chi connectivity index (χ3n) is 4.37. The Labute approximate surface area is 155 Å². The fraction of sp³-hybridized carbons (Fsp3) is 0.316. The molecule has 1 amide bonds. The van der Waals surface area contributed by atoms with E-state index in [1.807, 2.05) is 24.3 Å². The quantitative estimate of drug-likeness (QED) is 0.842. The topological polar surface area (TPSA) is 49.3 Å². The summed E-state index contributed by atoms with van der Waals surface area (Å²) in [5, 5.41) is 13.1. The van der Waals surface area contributed by atoms with E-state index in [9.17, 15) is 14.3 Å². The second kappa shape index (κ2) is 7.77. The minimum absolute atomic E-state index is 0.00802. The predicted octanol–water partition coefficient (Wildman–Crippen LogP) is 4.05. The molecule has 3 atom stereocenters. The Balaban J connectivity index is 1.75. The van der Waals surface area contributed by atoms with Crippen LogP contribution in [0.4, 0.5) is 4.39 Å². The fourth-order valence-corrected chi connectivity index (χ4v) is 4.51. The van der Waals surface area contributed by atoms with Gasteiger partial charge in [-0.05, 0) is 42.4 Å². The van der Waals surface area contributed by atoms with Crippen molar-refractivity contribution in [2.45, 2.75) is 30.7 Å². The van der Waals surface area contributed by atoms with Crippen molar-refractivity contribution in [3.63, 3.8) is 0 Å². The van der Waals surface area contributed by atoms with Crippen molar-refractivity contribution in [3.8, 4) is 0 Å². The Kier molecular flexibility index (Phi) is 5.67. The van der Waals surface area contributed by atoms with Gasteiger partial charge in [-0.3, -0.25) is 4.79 Å². The molecule has 25 heavy (non-hydrogen) atoms. The van der Waals surface area contributed by atoms with E-state index in [4.69, 9.17) is 11.6 Å². The number of hydrogen-bond donors (Lipinski definition) is 2. The summed E-state index contributed by atoms with van der Waals surface area (Å²) in [6, 6.07) is 11.5. The smallest absolute Gasteiger partial charge is 0.237 e. The van der Waals surface area contributed by atoms with Crippen molar-refractivity contribution in [1.29, 1.82) is 0 Å². The predicted molar refractivity (Wildman–Crippen MR) is 99.3 cm³/mol. The summed E-state index contributed by atoms with van der Waals surface area (Å²) >= 11 is 7.58. The van der Waals surface area contributed by atoms with Crippen molar-refractivity contribution in [1.82, 2.24) is 5.32 Å². The molecule has 0 aliphatic carbocycles. The van der Waals surface area contributed by atoms with Crippen LogP contribution in [0.2, 0.25) is 5.02 Å². The van der Waals surface area contributed by atoms with Gasteiger partial charge in [-0.25, -0.2) is 4.39 Å². The molecule has 0 bridgehead atoms. The lowest BCUT2D eigenvalue weighted by Gasteiger charge is -2.27. The Morgan fingerprint density at radius 1 is 1.32 bits per heavy atom. The molecular formula is C19H19ClFNO2S. The Bertz CT molecular complexity index is 766. The number of hydrogen-bond acceptors (Lipinski definition) is 3. The van der Waals surface area contributed by atoms with Crippen molar-refractivity contribution < 1.29 is 14.3 Å². The number of carbonyl (C=O) groups excluding carboxylic acids is 1. The molecule has 0 fully saturated rings. The number of aryl methyl sites for hydroxylation is 1. The highest BCUT2D eigenvalue weighted by Crippen LogP contribution is 2.37. The number of rotatable bonds is 4. The first-order valence-electron chi connectivity index (χ1n) is 8.10. The van der Waals surface area contributed by atoms with Crippen LogP contribution in [-0.4, -0.2) is 22.8 Å². The van der Waals surface area contributed by atoms with Crippen LogP contribution in [0.25, 0.3) is 0 Å². The van der Waals surface area contributed by atoms with Crippen LogP contribution in [-0.2, 0) is 11.2 Å². The third kappa shape index (κ3) is 3.84. The molecule has 6 heteroatoms. The minimum Gasteiger partial charge on any atom is -0.386 e. The number of halogens is 2. The maximum Gasteiger partial charge on any atom is 0.237 e. The van der Waals surface area contributed by atoms with E-state index in [1.54, 1.807) is 18.7 Å². The number of aliphatic hydroxyl groups is 1.